The fourth-order valence-corrected chi connectivity index (χ4v) is 3.50. The summed E-state index contributed by atoms with van der Waals surface area (Å²) < 4.78 is 0. The van der Waals surface area contributed by atoms with Crippen molar-refractivity contribution in [1.82, 2.24) is 4.90 Å². The van der Waals surface area contributed by atoms with Crippen LogP contribution < -0.4 is 5.73 Å². The van der Waals surface area contributed by atoms with E-state index in [2.05, 4.69) is 17.2 Å². The minimum absolute atomic E-state index is 0.530. The molecule has 2 N–H and O–H groups in total. The topological polar surface area (TPSA) is 29.3 Å². The van der Waals surface area contributed by atoms with Crippen molar-refractivity contribution in [3.05, 3.63) is 21.3 Å². The molecule has 2 heterocycles. The molecule has 2 atom stereocenters. The second-order valence-electron chi connectivity index (χ2n) is 4.68. The summed E-state index contributed by atoms with van der Waals surface area (Å²) in [6.45, 7) is 5.19. The summed E-state index contributed by atoms with van der Waals surface area (Å²) in [6.07, 6.45) is 2.50. The van der Waals surface area contributed by atoms with Gasteiger partial charge in [-0.3, -0.25) is 4.90 Å². The lowest BCUT2D eigenvalue weighted by Crippen LogP contribution is -2.45. The largest absolute Gasteiger partial charge is 0.329 e. The van der Waals surface area contributed by atoms with Crippen molar-refractivity contribution in [1.29, 1.82) is 0 Å². The standard InChI is InChI=1S/C12H19ClN2S/c1-9-2-4-15(10(6-9)7-14)8-12-11(13)3-5-16-12/h3,5,9-10H,2,4,6-8,14H2,1H3. The van der Waals surface area contributed by atoms with Gasteiger partial charge in [0.15, 0.2) is 0 Å². The number of thiophene rings is 1. The molecular weight excluding hydrogens is 240 g/mol. The molecule has 1 aromatic heterocycles. The molecule has 0 bridgehead atoms. The van der Waals surface area contributed by atoms with Crippen LogP contribution in [-0.4, -0.2) is 24.0 Å². The monoisotopic (exact) mass is 258 g/mol. The molecule has 2 rings (SSSR count). The molecule has 1 aliphatic rings. The lowest BCUT2D eigenvalue weighted by Gasteiger charge is -2.37. The fourth-order valence-electron chi connectivity index (χ4n) is 2.38. The molecule has 0 saturated carbocycles. The van der Waals surface area contributed by atoms with E-state index in [0.717, 1.165) is 30.6 Å². The van der Waals surface area contributed by atoms with Gasteiger partial charge in [-0.1, -0.05) is 18.5 Å². The Morgan fingerprint density at radius 2 is 2.44 bits per heavy atom. The number of nitrogens with zero attached hydrogens (tertiary/aromatic N) is 1. The predicted molar refractivity (Wildman–Crippen MR) is 71.0 cm³/mol. The van der Waals surface area contributed by atoms with Crippen LogP contribution in [0.4, 0.5) is 0 Å². The molecule has 0 aromatic carbocycles. The Bertz CT molecular complexity index is 340. The molecule has 0 amide bonds. The Labute approximate surface area is 106 Å². The highest BCUT2D eigenvalue weighted by molar-refractivity contribution is 7.10. The van der Waals surface area contributed by atoms with E-state index in [1.165, 1.54) is 17.7 Å². The lowest BCUT2D eigenvalue weighted by atomic mass is 9.92. The molecule has 1 saturated heterocycles. The average molecular weight is 259 g/mol. The summed E-state index contributed by atoms with van der Waals surface area (Å²) in [5.74, 6) is 0.809. The van der Waals surface area contributed by atoms with E-state index in [0.29, 0.717) is 6.04 Å². The number of nitrogens with two attached hydrogens (primary N) is 1. The number of halogens is 1. The predicted octanol–water partition coefficient (Wildman–Crippen LogP) is 2.96. The van der Waals surface area contributed by atoms with E-state index >= 15 is 0 Å². The van der Waals surface area contributed by atoms with E-state index in [-0.39, 0.29) is 0 Å². The van der Waals surface area contributed by atoms with Crippen molar-refractivity contribution in [2.75, 3.05) is 13.1 Å². The third-order valence-corrected chi connectivity index (χ3v) is 4.78. The zero-order valence-electron chi connectivity index (χ0n) is 9.66. The minimum Gasteiger partial charge on any atom is -0.329 e. The van der Waals surface area contributed by atoms with Gasteiger partial charge in [0.05, 0.1) is 5.02 Å². The van der Waals surface area contributed by atoms with Crippen molar-refractivity contribution < 1.29 is 0 Å². The summed E-state index contributed by atoms with van der Waals surface area (Å²) >= 11 is 7.87. The Balaban J connectivity index is 2.01. The molecule has 1 aliphatic heterocycles. The van der Waals surface area contributed by atoms with Crippen molar-refractivity contribution in [2.45, 2.75) is 32.4 Å². The summed E-state index contributed by atoms with van der Waals surface area (Å²) in [5, 5.41) is 2.96. The summed E-state index contributed by atoms with van der Waals surface area (Å²) in [7, 11) is 0. The van der Waals surface area contributed by atoms with Gasteiger partial charge in [-0.05, 0) is 36.8 Å². The Morgan fingerprint density at radius 3 is 3.06 bits per heavy atom. The van der Waals surface area contributed by atoms with E-state index in [1.807, 2.05) is 6.07 Å². The second-order valence-corrected chi connectivity index (χ2v) is 6.09. The maximum atomic E-state index is 6.13. The quantitative estimate of drug-likeness (QED) is 0.903. The summed E-state index contributed by atoms with van der Waals surface area (Å²) in [6, 6.07) is 2.51. The number of piperidine rings is 1. The Kier molecular flexibility index (Phi) is 4.25. The van der Waals surface area contributed by atoms with Crippen molar-refractivity contribution >= 4 is 22.9 Å². The number of likely N-dealkylation sites (tertiary alicyclic amines) is 1. The molecule has 1 aromatic rings. The zero-order valence-corrected chi connectivity index (χ0v) is 11.2. The van der Waals surface area contributed by atoms with Gasteiger partial charge in [0.1, 0.15) is 0 Å². The number of hydrogen-bond acceptors (Lipinski definition) is 3. The third-order valence-electron chi connectivity index (χ3n) is 3.41. The molecular formula is C12H19ClN2S. The van der Waals surface area contributed by atoms with Crippen LogP contribution in [0.1, 0.15) is 24.6 Å². The maximum Gasteiger partial charge on any atom is 0.0558 e. The molecule has 0 spiro atoms. The van der Waals surface area contributed by atoms with Crippen LogP contribution in [0.5, 0.6) is 0 Å². The highest BCUT2D eigenvalue weighted by atomic mass is 35.5. The third kappa shape index (κ3) is 2.77. The summed E-state index contributed by atoms with van der Waals surface area (Å²) in [4.78, 5) is 3.76. The van der Waals surface area contributed by atoms with Crippen LogP contribution in [0.2, 0.25) is 5.02 Å². The molecule has 16 heavy (non-hydrogen) atoms. The highest BCUT2D eigenvalue weighted by Crippen LogP contribution is 2.28. The molecule has 90 valence electrons. The fraction of sp³-hybridized carbons (Fsp3) is 0.667. The van der Waals surface area contributed by atoms with Gasteiger partial charge < -0.3 is 5.73 Å². The SMILES string of the molecule is CC1CCN(Cc2sccc2Cl)C(CN)C1. The normalized spacial score (nSPS) is 27.2. The molecule has 4 heteroatoms. The van der Waals surface area contributed by atoms with Gasteiger partial charge >= 0.3 is 0 Å². The van der Waals surface area contributed by atoms with E-state index in [4.69, 9.17) is 17.3 Å². The van der Waals surface area contributed by atoms with Crippen molar-refractivity contribution in [2.24, 2.45) is 11.7 Å². The smallest absolute Gasteiger partial charge is 0.0558 e. The van der Waals surface area contributed by atoms with Crippen LogP contribution in [0.15, 0.2) is 11.4 Å². The lowest BCUT2D eigenvalue weighted by molar-refractivity contribution is 0.116. The van der Waals surface area contributed by atoms with Crippen molar-refractivity contribution in [3.63, 3.8) is 0 Å². The van der Waals surface area contributed by atoms with E-state index in [1.54, 1.807) is 11.3 Å². The first-order valence-corrected chi connectivity index (χ1v) is 7.12. The van der Waals surface area contributed by atoms with E-state index in [9.17, 15) is 0 Å². The van der Waals surface area contributed by atoms with Gasteiger partial charge in [-0.15, -0.1) is 11.3 Å². The zero-order chi connectivity index (χ0) is 11.5. The van der Waals surface area contributed by atoms with Crippen LogP contribution in [0.25, 0.3) is 0 Å². The Morgan fingerprint density at radius 1 is 1.62 bits per heavy atom. The van der Waals surface area contributed by atoms with Crippen LogP contribution in [0, 0.1) is 5.92 Å². The van der Waals surface area contributed by atoms with E-state index < -0.39 is 0 Å². The average Bonchev–Trinajstić information content (AvgIpc) is 2.67. The first kappa shape index (κ1) is 12.4. The highest BCUT2D eigenvalue weighted by Gasteiger charge is 2.25. The minimum atomic E-state index is 0.530. The number of hydrogen-bond donors (Lipinski definition) is 1. The summed E-state index contributed by atoms with van der Waals surface area (Å²) in [5.41, 5.74) is 5.85. The molecule has 1 fully saturated rings. The van der Waals surface area contributed by atoms with Gasteiger partial charge in [0.2, 0.25) is 0 Å². The second kappa shape index (κ2) is 5.50. The van der Waals surface area contributed by atoms with Gasteiger partial charge in [0, 0.05) is 24.0 Å². The number of rotatable bonds is 3. The van der Waals surface area contributed by atoms with Gasteiger partial charge in [-0.2, -0.15) is 0 Å². The van der Waals surface area contributed by atoms with Crippen LogP contribution in [0.3, 0.4) is 0 Å². The molecule has 0 radical (unpaired) electrons. The van der Waals surface area contributed by atoms with Crippen molar-refractivity contribution in [3.8, 4) is 0 Å². The molecule has 2 nitrogen and oxygen atoms in total. The van der Waals surface area contributed by atoms with Gasteiger partial charge in [0.25, 0.3) is 0 Å². The maximum absolute atomic E-state index is 6.13. The molecule has 0 aliphatic carbocycles. The first-order chi connectivity index (χ1) is 7.70. The van der Waals surface area contributed by atoms with Crippen LogP contribution in [-0.2, 0) is 6.54 Å². The van der Waals surface area contributed by atoms with Crippen LogP contribution >= 0.6 is 22.9 Å². The molecule has 2 unspecified atom stereocenters. The van der Waals surface area contributed by atoms with Gasteiger partial charge in [-0.25, -0.2) is 0 Å². The first-order valence-electron chi connectivity index (χ1n) is 5.86. The Hall–Kier alpha value is -0.0900.